The fourth-order valence-electron chi connectivity index (χ4n) is 2.62. The summed E-state index contributed by atoms with van der Waals surface area (Å²) in [6.07, 6.45) is 7.39. The number of ether oxygens (including phenoxy) is 4. The van der Waals surface area contributed by atoms with Gasteiger partial charge in [0.1, 0.15) is 6.61 Å². The van der Waals surface area contributed by atoms with Crippen LogP contribution in [-0.2, 0) is 9.47 Å². The predicted molar refractivity (Wildman–Crippen MR) is 91.4 cm³/mol. The first-order valence-corrected chi connectivity index (χ1v) is 8.94. The van der Waals surface area contributed by atoms with Gasteiger partial charge < -0.3 is 18.9 Å². The molecule has 1 heterocycles. The molecule has 0 spiro atoms. The third-order valence-corrected chi connectivity index (χ3v) is 3.90. The summed E-state index contributed by atoms with van der Waals surface area (Å²) in [7, 11) is 0. The molecule has 4 heteroatoms. The Kier molecular flexibility index (Phi) is 8.89. The molecule has 0 saturated carbocycles. The molecule has 0 fully saturated rings. The second-order valence-corrected chi connectivity index (χ2v) is 5.89. The zero-order chi connectivity index (χ0) is 16.2. The normalized spacial score (nSPS) is 16.5. The number of hydrogen-bond donors (Lipinski definition) is 0. The third kappa shape index (κ3) is 7.23. The van der Waals surface area contributed by atoms with Gasteiger partial charge in [0.15, 0.2) is 17.6 Å². The van der Waals surface area contributed by atoms with Crippen molar-refractivity contribution in [1.82, 2.24) is 0 Å². The van der Waals surface area contributed by atoms with Crippen LogP contribution in [0.2, 0.25) is 0 Å². The molecule has 0 aliphatic carbocycles. The van der Waals surface area contributed by atoms with E-state index >= 15 is 0 Å². The molecule has 0 N–H and O–H groups in total. The lowest BCUT2D eigenvalue weighted by Gasteiger charge is -2.26. The second kappa shape index (κ2) is 11.3. The van der Waals surface area contributed by atoms with Crippen molar-refractivity contribution >= 4 is 0 Å². The lowest BCUT2D eigenvalue weighted by atomic mass is 10.1. The van der Waals surface area contributed by atoms with Crippen LogP contribution in [-0.4, -0.2) is 39.1 Å². The van der Waals surface area contributed by atoms with Crippen LogP contribution in [0, 0.1) is 0 Å². The minimum atomic E-state index is 0.00321. The largest absolute Gasteiger partial charge is 0.486 e. The molecule has 1 atom stereocenters. The summed E-state index contributed by atoms with van der Waals surface area (Å²) in [6, 6.07) is 7.78. The van der Waals surface area contributed by atoms with Crippen LogP contribution in [0.25, 0.3) is 0 Å². The van der Waals surface area contributed by atoms with Crippen molar-refractivity contribution in [2.75, 3.05) is 33.0 Å². The van der Waals surface area contributed by atoms with Gasteiger partial charge in [-0.25, -0.2) is 0 Å². The van der Waals surface area contributed by atoms with Crippen molar-refractivity contribution in [3.8, 4) is 11.5 Å². The smallest absolute Gasteiger partial charge is 0.161 e. The summed E-state index contributed by atoms with van der Waals surface area (Å²) < 4.78 is 22.6. The fourth-order valence-corrected chi connectivity index (χ4v) is 2.62. The summed E-state index contributed by atoms with van der Waals surface area (Å²) in [5.74, 6) is 1.65. The molecule has 1 aromatic carbocycles. The predicted octanol–water partition coefficient (Wildman–Crippen LogP) is 4.22. The van der Waals surface area contributed by atoms with Gasteiger partial charge in [0.05, 0.1) is 6.61 Å². The summed E-state index contributed by atoms with van der Waals surface area (Å²) in [5, 5.41) is 0. The quantitative estimate of drug-likeness (QED) is 0.540. The lowest BCUT2D eigenvalue weighted by molar-refractivity contribution is 0.00778. The Bertz CT molecular complexity index is 422. The highest BCUT2D eigenvalue weighted by Crippen LogP contribution is 2.30. The van der Waals surface area contributed by atoms with E-state index in [1.54, 1.807) is 0 Å². The minimum Gasteiger partial charge on any atom is -0.486 e. The van der Waals surface area contributed by atoms with Crippen molar-refractivity contribution < 1.29 is 18.9 Å². The zero-order valence-corrected chi connectivity index (χ0v) is 14.3. The number of hydrogen-bond acceptors (Lipinski definition) is 4. The van der Waals surface area contributed by atoms with Gasteiger partial charge in [-0.2, -0.15) is 0 Å². The molecule has 23 heavy (non-hydrogen) atoms. The van der Waals surface area contributed by atoms with Gasteiger partial charge in [0, 0.05) is 19.8 Å². The Morgan fingerprint density at radius 3 is 2.30 bits per heavy atom. The molecule has 0 radical (unpaired) electrons. The summed E-state index contributed by atoms with van der Waals surface area (Å²) in [4.78, 5) is 0. The van der Waals surface area contributed by atoms with Gasteiger partial charge in [0.2, 0.25) is 0 Å². The van der Waals surface area contributed by atoms with E-state index < -0.39 is 0 Å². The summed E-state index contributed by atoms with van der Waals surface area (Å²) in [5.41, 5.74) is 0. The second-order valence-electron chi connectivity index (χ2n) is 5.89. The van der Waals surface area contributed by atoms with Crippen LogP contribution >= 0.6 is 0 Å². The Labute approximate surface area is 140 Å². The fraction of sp³-hybridized carbons (Fsp3) is 0.684. The van der Waals surface area contributed by atoms with Gasteiger partial charge in [0.25, 0.3) is 0 Å². The topological polar surface area (TPSA) is 36.9 Å². The molecule has 0 bridgehead atoms. The highest BCUT2D eigenvalue weighted by Gasteiger charge is 2.20. The monoisotopic (exact) mass is 322 g/mol. The van der Waals surface area contributed by atoms with E-state index in [-0.39, 0.29) is 6.10 Å². The van der Waals surface area contributed by atoms with Gasteiger partial charge in [-0.05, 0) is 31.9 Å². The molecule has 0 amide bonds. The molecule has 1 unspecified atom stereocenters. The summed E-state index contributed by atoms with van der Waals surface area (Å²) in [6.45, 7) is 5.76. The molecule has 1 aromatic rings. The van der Waals surface area contributed by atoms with E-state index in [1.165, 1.54) is 32.1 Å². The first-order chi connectivity index (χ1) is 11.4. The van der Waals surface area contributed by atoms with Crippen LogP contribution in [0.5, 0.6) is 11.5 Å². The van der Waals surface area contributed by atoms with E-state index in [0.717, 1.165) is 37.7 Å². The van der Waals surface area contributed by atoms with E-state index in [0.29, 0.717) is 13.2 Å². The average Bonchev–Trinajstić information content (AvgIpc) is 2.59. The Morgan fingerprint density at radius 2 is 1.57 bits per heavy atom. The first-order valence-electron chi connectivity index (χ1n) is 8.94. The van der Waals surface area contributed by atoms with Gasteiger partial charge >= 0.3 is 0 Å². The number of unbranched alkanes of at least 4 members (excludes halogenated alkanes) is 5. The molecule has 1 aliphatic rings. The highest BCUT2D eigenvalue weighted by molar-refractivity contribution is 5.40. The summed E-state index contributed by atoms with van der Waals surface area (Å²) >= 11 is 0. The van der Waals surface area contributed by atoms with Crippen LogP contribution in [0.4, 0.5) is 0 Å². The van der Waals surface area contributed by atoms with Crippen molar-refractivity contribution in [3.63, 3.8) is 0 Å². The molecular formula is C19H30O4. The molecular weight excluding hydrogens is 292 g/mol. The lowest BCUT2D eigenvalue weighted by Crippen LogP contribution is -2.33. The first kappa shape index (κ1) is 18.1. The van der Waals surface area contributed by atoms with Crippen LogP contribution < -0.4 is 9.47 Å². The van der Waals surface area contributed by atoms with E-state index in [2.05, 4.69) is 0 Å². The number of benzene rings is 1. The standard InChI is InChI=1S/C19H30O4/c1-2-20-13-9-5-3-4-6-10-14-21-15-17-16-22-18-11-7-8-12-19(18)23-17/h7-8,11-12,17H,2-6,9-10,13-16H2,1H3. The maximum Gasteiger partial charge on any atom is 0.161 e. The average molecular weight is 322 g/mol. The Balaban J connectivity index is 1.41. The maximum absolute atomic E-state index is 5.86. The molecule has 0 saturated heterocycles. The van der Waals surface area contributed by atoms with E-state index in [9.17, 15) is 0 Å². The van der Waals surface area contributed by atoms with Gasteiger partial charge in [-0.3, -0.25) is 0 Å². The van der Waals surface area contributed by atoms with E-state index in [1.807, 2.05) is 31.2 Å². The highest BCUT2D eigenvalue weighted by atomic mass is 16.6. The Hall–Kier alpha value is -1.26. The van der Waals surface area contributed by atoms with E-state index in [4.69, 9.17) is 18.9 Å². The Morgan fingerprint density at radius 1 is 0.913 bits per heavy atom. The molecule has 130 valence electrons. The molecule has 1 aliphatic heterocycles. The number of para-hydroxylation sites is 2. The van der Waals surface area contributed by atoms with Crippen LogP contribution in [0.1, 0.15) is 45.4 Å². The van der Waals surface area contributed by atoms with Gasteiger partial charge in [-0.15, -0.1) is 0 Å². The molecule has 2 rings (SSSR count). The molecule has 4 nitrogen and oxygen atoms in total. The third-order valence-electron chi connectivity index (χ3n) is 3.90. The van der Waals surface area contributed by atoms with Crippen LogP contribution in [0.3, 0.4) is 0 Å². The number of rotatable bonds is 12. The SMILES string of the molecule is CCOCCCCCCCCOCC1COc2ccccc2O1. The van der Waals surface area contributed by atoms with Crippen molar-refractivity contribution in [2.45, 2.75) is 51.6 Å². The maximum atomic E-state index is 5.86. The number of fused-ring (bicyclic) bond motifs is 1. The van der Waals surface area contributed by atoms with Crippen molar-refractivity contribution in [3.05, 3.63) is 24.3 Å². The minimum absolute atomic E-state index is 0.00321. The van der Waals surface area contributed by atoms with Crippen LogP contribution in [0.15, 0.2) is 24.3 Å². The van der Waals surface area contributed by atoms with Crippen molar-refractivity contribution in [1.29, 1.82) is 0 Å². The molecule has 0 aromatic heterocycles. The van der Waals surface area contributed by atoms with Gasteiger partial charge in [-0.1, -0.05) is 37.8 Å². The zero-order valence-electron chi connectivity index (χ0n) is 14.3. The van der Waals surface area contributed by atoms with Crippen molar-refractivity contribution in [2.24, 2.45) is 0 Å².